The van der Waals surface area contributed by atoms with Crippen LogP contribution in [0.15, 0.2) is 53.6 Å². The van der Waals surface area contributed by atoms with E-state index in [0.717, 1.165) is 36.5 Å². The first-order valence-corrected chi connectivity index (χ1v) is 10.5. The summed E-state index contributed by atoms with van der Waals surface area (Å²) in [7, 11) is 1.62. The zero-order valence-electron chi connectivity index (χ0n) is 17.8. The lowest BCUT2D eigenvalue weighted by molar-refractivity contribution is 0.0948. The number of piperidine rings is 1. The zero-order valence-corrected chi connectivity index (χ0v) is 18.6. The van der Waals surface area contributed by atoms with Gasteiger partial charge in [0.2, 0.25) is 0 Å². The van der Waals surface area contributed by atoms with Crippen LogP contribution in [0, 0.1) is 5.92 Å². The first-order valence-electron chi connectivity index (χ1n) is 10.5. The molecule has 3 aromatic rings. The van der Waals surface area contributed by atoms with E-state index in [-0.39, 0.29) is 36.0 Å². The second-order valence-electron chi connectivity index (χ2n) is 8.19. The lowest BCUT2D eigenvalue weighted by Gasteiger charge is -2.37. The summed E-state index contributed by atoms with van der Waals surface area (Å²) in [5, 5.41) is 10.7. The molecule has 0 unspecified atom stereocenters. The van der Waals surface area contributed by atoms with Crippen molar-refractivity contribution in [2.45, 2.75) is 25.4 Å². The first kappa shape index (κ1) is 22.1. The van der Waals surface area contributed by atoms with Gasteiger partial charge in [-0.15, -0.1) is 12.4 Å². The predicted molar refractivity (Wildman–Crippen MR) is 123 cm³/mol. The molecule has 0 radical (unpaired) electrons. The maximum atomic E-state index is 13.0. The Bertz CT molecular complexity index is 1190. The van der Waals surface area contributed by atoms with E-state index in [9.17, 15) is 9.59 Å². The third-order valence-corrected chi connectivity index (χ3v) is 6.17. The second kappa shape index (κ2) is 9.18. The number of ether oxygens (including phenoxy) is 1. The van der Waals surface area contributed by atoms with Gasteiger partial charge >= 0.3 is 0 Å². The number of pyridine rings is 1. The number of fused-ring (bicyclic) bond motifs is 4. The van der Waals surface area contributed by atoms with Gasteiger partial charge < -0.3 is 19.9 Å². The number of halogens is 1. The van der Waals surface area contributed by atoms with Gasteiger partial charge in [0.25, 0.3) is 11.5 Å². The molecule has 1 fully saturated rings. The van der Waals surface area contributed by atoms with Crippen LogP contribution in [0.1, 0.15) is 34.0 Å². The van der Waals surface area contributed by atoms with Crippen molar-refractivity contribution in [3.05, 3.63) is 76.0 Å². The number of nitrogens with one attached hydrogen (secondary N) is 2. The Kier molecular flexibility index (Phi) is 6.34. The van der Waals surface area contributed by atoms with Gasteiger partial charge in [-0.3, -0.25) is 9.59 Å². The van der Waals surface area contributed by atoms with Gasteiger partial charge in [-0.1, -0.05) is 12.1 Å². The van der Waals surface area contributed by atoms with Gasteiger partial charge in [-0.2, -0.15) is 5.10 Å². The fraction of sp³-hybridized carbons (Fsp3) is 0.348. The van der Waals surface area contributed by atoms with Crippen LogP contribution in [0.25, 0.3) is 5.69 Å². The topological polar surface area (TPSA) is 90.2 Å². The van der Waals surface area contributed by atoms with E-state index in [0.29, 0.717) is 24.1 Å². The number of rotatable bonds is 5. The molecule has 1 aromatic carbocycles. The Balaban J connectivity index is 0.00000245. The second-order valence-corrected chi connectivity index (χ2v) is 8.19. The van der Waals surface area contributed by atoms with Crippen LogP contribution in [0.5, 0.6) is 5.75 Å². The molecular formula is C23H26ClN5O3. The van der Waals surface area contributed by atoms with Crippen molar-refractivity contribution in [3.8, 4) is 11.4 Å². The van der Waals surface area contributed by atoms with E-state index in [1.54, 1.807) is 28.6 Å². The summed E-state index contributed by atoms with van der Waals surface area (Å²) in [6.45, 7) is 2.77. The minimum atomic E-state index is -0.362. The number of nitrogens with zero attached hydrogens (tertiary/aromatic N) is 3. The van der Waals surface area contributed by atoms with Gasteiger partial charge in [0.15, 0.2) is 0 Å². The summed E-state index contributed by atoms with van der Waals surface area (Å²) < 4.78 is 8.89. The molecule has 0 spiro atoms. The number of benzene rings is 1. The van der Waals surface area contributed by atoms with Crippen LogP contribution in [0.4, 0.5) is 0 Å². The van der Waals surface area contributed by atoms with Gasteiger partial charge in [0.05, 0.1) is 13.3 Å². The fourth-order valence-corrected chi connectivity index (χ4v) is 4.64. The highest BCUT2D eigenvalue weighted by atomic mass is 35.5. The molecule has 2 aliphatic heterocycles. The van der Waals surface area contributed by atoms with Crippen molar-refractivity contribution in [1.82, 2.24) is 25.0 Å². The van der Waals surface area contributed by atoms with Crippen molar-refractivity contribution >= 4 is 18.3 Å². The number of methoxy groups -OCH3 is 1. The van der Waals surface area contributed by atoms with Crippen LogP contribution < -0.4 is 20.9 Å². The van der Waals surface area contributed by atoms with Crippen molar-refractivity contribution < 1.29 is 9.53 Å². The maximum absolute atomic E-state index is 13.0. The van der Waals surface area contributed by atoms with Gasteiger partial charge in [0.1, 0.15) is 17.0 Å². The molecule has 5 rings (SSSR count). The summed E-state index contributed by atoms with van der Waals surface area (Å²) >= 11 is 0. The average Bonchev–Trinajstić information content (AvgIpc) is 3.27. The molecule has 2 aliphatic rings. The summed E-state index contributed by atoms with van der Waals surface area (Å²) in [6.07, 6.45) is 4.64. The average molecular weight is 456 g/mol. The van der Waals surface area contributed by atoms with E-state index in [4.69, 9.17) is 4.74 Å². The molecule has 1 amide bonds. The fourth-order valence-electron chi connectivity index (χ4n) is 4.64. The molecule has 2 N–H and O–H groups in total. The number of amides is 1. The number of carbonyl (C=O) groups is 1. The number of para-hydroxylation sites is 2. The van der Waals surface area contributed by atoms with E-state index in [2.05, 4.69) is 15.7 Å². The molecule has 4 heterocycles. The quantitative estimate of drug-likeness (QED) is 0.615. The Hall–Kier alpha value is -3.10. The molecule has 0 saturated carbocycles. The third-order valence-electron chi connectivity index (χ3n) is 6.17. The SMILES string of the molecule is COc1ccccc1-n1cc(CNC(=O)c2ccc3n(c2=O)C[C@@H]2CNC[C@H]3C2)cn1.Cl. The first-order chi connectivity index (χ1) is 15.1. The van der Waals surface area contributed by atoms with Gasteiger partial charge in [-0.05, 0) is 43.1 Å². The van der Waals surface area contributed by atoms with Crippen LogP contribution in [0.2, 0.25) is 0 Å². The number of carbonyl (C=O) groups excluding carboxylic acids is 1. The standard InChI is InChI=1S/C23H25N5O3.ClH/c1-31-21-5-3-2-4-20(21)28-14-16(11-26-28)10-25-22(29)18-6-7-19-17-8-15(9-24-12-17)13-27(19)23(18)30;/h2-7,11,14-15,17,24H,8-10,12-13H2,1H3,(H,25,29);1H/t15-,17+;/m0./s1. The zero-order chi connectivity index (χ0) is 21.4. The largest absolute Gasteiger partial charge is 0.494 e. The molecule has 1 saturated heterocycles. The Morgan fingerprint density at radius 3 is 2.94 bits per heavy atom. The summed E-state index contributed by atoms with van der Waals surface area (Å²) in [4.78, 5) is 25.8. The molecule has 0 aliphatic carbocycles. The summed E-state index contributed by atoms with van der Waals surface area (Å²) in [5.41, 5.74) is 2.67. The molecule has 168 valence electrons. The van der Waals surface area contributed by atoms with E-state index in [1.165, 1.54) is 0 Å². The van der Waals surface area contributed by atoms with Crippen LogP contribution in [-0.2, 0) is 13.1 Å². The smallest absolute Gasteiger partial charge is 0.263 e. The highest BCUT2D eigenvalue weighted by molar-refractivity contribution is 5.93. The summed E-state index contributed by atoms with van der Waals surface area (Å²) in [5.74, 6) is 1.14. The summed E-state index contributed by atoms with van der Waals surface area (Å²) in [6, 6.07) is 11.2. The molecule has 2 bridgehead atoms. The number of aromatic nitrogens is 3. The lowest BCUT2D eigenvalue weighted by Crippen LogP contribution is -2.46. The number of hydrogen-bond acceptors (Lipinski definition) is 5. The molecule has 8 nitrogen and oxygen atoms in total. The molecule has 32 heavy (non-hydrogen) atoms. The van der Waals surface area contributed by atoms with E-state index in [1.807, 2.05) is 36.5 Å². The highest BCUT2D eigenvalue weighted by Crippen LogP contribution is 2.31. The minimum absolute atomic E-state index is 0. The Morgan fingerprint density at radius 2 is 2.09 bits per heavy atom. The minimum Gasteiger partial charge on any atom is -0.494 e. The van der Waals surface area contributed by atoms with Crippen LogP contribution in [-0.4, -0.2) is 40.5 Å². The Labute approximate surface area is 192 Å². The van der Waals surface area contributed by atoms with E-state index < -0.39 is 0 Å². The molecule has 9 heteroatoms. The van der Waals surface area contributed by atoms with Gasteiger partial charge in [0, 0.05) is 43.0 Å². The van der Waals surface area contributed by atoms with Crippen LogP contribution in [0.3, 0.4) is 0 Å². The lowest BCUT2D eigenvalue weighted by atomic mass is 9.84. The van der Waals surface area contributed by atoms with Crippen molar-refractivity contribution in [2.24, 2.45) is 5.92 Å². The van der Waals surface area contributed by atoms with E-state index >= 15 is 0 Å². The maximum Gasteiger partial charge on any atom is 0.263 e. The monoisotopic (exact) mass is 455 g/mol. The van der Waals surface area contributed by atoms with Crippen molar-refractivity contribution in [2.75, 3.05) is 20.2 Å². The normalized spacial score (nSPS) is 18.9. The van der Waals surface area contributed by atoms with Crippen molar-refractivity contribution in [3.63, 3.8) is 0 Å². The molecule has 2 atom stereocenters. The number of hydrogen-bond donors (Lipinski definition) is 2. The molecule has 2 aromatic heterocycles. The third kappa shape index (κ3) is 4.03. The highest BCUT2D eigenvalue weighted by Gasteiger charge is 2.31. The molecular weight excluding hydrogens is 430 g/mol. The van der Waals surface area contributed by atoms with Crippen LogP contribution >= 0.6 is 12.4 Å². The van der Waals surface area contributed by atoms with Crippen molar-refractivity contribution in [1.29, 1.82) is 0 Å². The Morgan fingerprint density at radius 1 is 1.25 bits per heavy atom. The van der Waals surface area contributed by atoms with Gasteiger partial charge in [-0.25, -0.2) is 4.68 Å². The predicted octanol–water partition coefficient (Wildman–Crippen LogP) is 2.10.